The molecule has 1 aliphatic carbocycles. The topological polar surface area (TPSA) is 76.7 Å². The summed E-state index contributed by atoms with van der Waals surface area (Å²) in [6, 6.07) is 19.1. The molecule has 0 aromatic heterocycles. The van der Waals surface area contributed by atoms with Crippen LogP contribution in [0.15, 0.2) is 60.7 Å². The van der Waals surface area contributed by atoms with Gasteiger partial charge in [0, 0.05) is 12.6 Å². The Bertz CT molecular complexity index is 1060. The number of ether oxygens (including phenoxy) is 2. The second kappa shape index (κ2) is 8.86. The van der Waals surface area contributed by atoms with Crippen LogP contribution in [0.5, 0.6) is 11.5 Å². The fourth-order valence-corrected chi connectivity index (χ4v) is 3.18. The van der Waals surface area contributed by atoms with Gasteiger partial charge < -0.3 is 20.1 Å². The summed E-state index contributed by atoms with van der Waals surface area (Å²) >= 11 is 0. The molecule has 6 heteroatoms. The zero-order chi connectivity index (χ0) is 20.9. The second-order valence-corrected chi connectivity index (χ2v) is 7.36. The van der Waals surface area contributed by atoms with Crippen LogP contribution in [0.25, 0.3) is 10.8 Å². The smallest absolute Gasteiger partial charge is 0.258 e. The van der Waals surface area contributed by atoms with E-state index in [0.29, 0.717) is 17.9 Å². The number of hydrogen-bond donors (Lipinski definition) is 2. The van der Waals surface area contributed by atoms with E-state index < -0.39 is 0 Å². The lowest BCUT2D eigenvalue weighted by molar-refractivity contribution is -0.123. The SMILES string of the molecule is COc1ccc(CNC(=O)c2cc3ccccc3cc2OCC(=O)NC2CC2)cc1. The van der Waals surface area contributed by atoms with E-state index >= 15 is 0 Å². The van der Waals surface area contributed by atoms with Crippen molar-refractivity contribution < 1.29 is 19.1 Å². The lowest BCUT2D eigenvalue weighted by atomic mass is 10.1. The van der Waals surface area contributed by atoms with E-state index in [1.807, 2.05) is 54.6 Å². The molecular formula is C24H24N2O4. The van der Waals surface area contributed by atoms with Crippen LogP contribution in [0, 0.1) is 0 Å². The minimum Gasteiger partial charge on any atom is -0.497 e. The van der Waals surface area contributed by atoms with Crippen molar-refractivity contribution in [1.82, 2.24) is 10.6 Å². The van der Waals surface area contributed by atoms with Crippen LogP contribution in [0.1, 0.15) is 28.8 Å². The van der Waals surface area contributed by atoms with Gasteiger partial charge in [0.2, 0.25) is 0 Å². The number of methoxy groups -OCH3 is 1. The number of carbonyl (C=O) groups excluding carboxylic acids is 2. The first kappa shape index (κ1) is 19.8. The summed E-state index contributed by atoms with van der Waals surface area (Å²) in [6.07, 6.45) is 2.03. The Hall–Kier alpha value is -3.54. The maximum absolute atomic E-state index is 12.9. The van der Waals surface area contributed by atoms with Gasteiger partial charge in [0.15, 0.2) is 6.61 Å². The lowest BCUT2D eigenvalue weighted by Crippen LogP contribution is -2.31. The standard InChI is InChI=1S/C24H24N2O4/c1-29-20-10-6-16(7-11-20)14-25-24(28)21-12-17-4-2-3-5-18(17)13-22(21)30-15-23(27)26-19-8-9-19/h2-7,10-13,19H,8-9,14-15H2,1H3,(H,25,28)(H,26,27). The Morgan fingerprint density at radius 3 is 2.37 bits per heavy atom. The third-order valence-electron chi connectivity index (χ3n) is 5.01. The number of carbonyl (C=O) groups is 2. The highest BCUT2D eigenvalue weighted by Gasteiger charge is 2.23. The molecule has 4 rings (SSSR count). The average molecular weight is 404 g/mol. The summed E-state index contributed by atoms with van der Waals surface area (Å²) in [6.45, 7) is 0.255. The van der Waals surface area contributed by atoms with Crippen LogP contribution in [-0.2, 0) is 11.3 Å². The van der Waals surface area contributed by atoms with E-state index in [1.165, 1.54) is 0 Å². The van der Waals surface area contributed by atoms with Gasteiger partial charge in [-0.05, 0) is 53.4 Å². The van der Waals surface area contributed by atoms with Crippen molar-refractivity contribution in [1.29, 1.82) is 0 Å². The molecule has 6 nitrogen and oxygen atoms in total. The lowest BCUT2D eigenvalue weighted by Gasteiger charge is -2.14. The van der Waals surface area contributed by atoms with Crippen molar-refractivity contribution >= 4 is 22.6 Å². The van der Waals surface area contributed by atoms with Gasteiger partial charge in [-0.3, -0.25) is 9.59 Å². The fourth-order valence-electron chi connectivity index (χ4n) is 3.18. The fraction of sp³-hybridized carbons (Fsp3) is 0.250. The summed E-state index contributed by atoms with van der Waals surface area (Å²) in [7, 11) is 1.61. The molecule has 1 saturated carbocycles. The first-order valence-electron chi connectivity index (χ1n) is 9.98. The largest absolute Gasteiger partial charge is 0.497 e. The summed E-state index contributed by atoms with van der Waals surface area (Å²) < 4.78 is 10.9. The Morgan fingerprint density at radius 1 is 1.00 bits per heavy atom. The van der Waals surface area contributed by atoms with Crippen molar-refractivity contribution in [3.05, 3.63) is 71.8 Å². The van der Waals surface area contributed by atoms with E-state index in [-0.39, 0.29) is 24.5 Å². The summed E-state index contributed by atoms with van der Waals surface area (Å²) in [5.74, 6) is 0.732. The number of rotatable bonds is 8. The molecule has 0 heterocycles. The second-order valence-electron chi connectivity index (χ2n) is 7.36. The quantitative estimate of drug-likeness (QED) is 0.603. The highest BCUT2D eigenvalue weighted by Crippen LogP contribution is 2.26. The van der Waals surface area contributed by atoms with E-state index in [9.17, 15) is 9.59 Å². The Kier molecular flexibility index (Phi) is 5.84. The molecule has 2 amide bonds. The van der Waals surface area contributed by atoms with Gasteiger partial charge in [0.05, 0.1) is 12.7 Å². The third kappa shape index (κ3) is 4.89. The van der Waals surface area contributed by atoms with Crippen LogP contribution in [0.3, 0.4) is 0 Å². The number of amides is 2. The van der Waals surface area contributed by atoms with Crippen molar-refractivity contribution in [3.63, 3.8) is 0 Å². The van der Waals surface area contributed by atoms with Crippen LogP contribution in [-0.4, -0.2) is 31.6 Å². The molecule has 3 aromatic carbocycles. The van der Waals surface area contributed by atoms with Crippen LogP contribution >= 0.6 is 0 Å². The summed E-state index contributed by atoms with van der Waals surface area (Å²) in [5.41, 5.74) is 1.36. The molecule has 1 fully saturated rings. The maximum Gasteiger partial charge on any atom is 0.258 e. The van der Waals surface area contributed by atoms with Gasteiger partial charge in [0.1, 0.15) is 11.5 Å². The monoisotopic (exact) mass is 404 g/mol. The Balaban J connectivity index is 1.50. The first-order chi connectivity index (χ1) is 14.6. The number of fused-ring (bicyclic) bond motifs is 1. The van der Waals surface area contributed by atoms with Crippen molar-refractivity contribution in [2.45, 2.75) is 25.4 Å². The van der Waals surface area contributed by atoms with Crippen LogP contribution in [0.4, 0.5) is 0 Å². The summed E-state index contributed by atoms with van der Waals surface area (Å²) in [4.78, 5) is 24.9. The Labute approximate surface area is 175 Å². The molecule has 0 atom stereocenters. The van der Waals surface area contributed by atoms with E-state index in [0.717, 1.165) is 34.9 Å². The van der Waals surface area contributed by atoms with Crippen LogP contribution < -0.4 is 20.1 Å². The van der Waals surface area contributed by atoms with E-state index in [1.54, 1.807) is 13.2 Å². The highest BCUT2D eigenvalue weighted by molar-refractivity contribution is 6.01. The van der Waals surface area contributed by atoms with Gasteiger partial charge >= 0.3 is 0 Å². The zero-order valence-electron chi connectivity index (χ0n) is 16.8. The maximum atomic E-state index is 12.9. The van der Waals surface area contributed by atoms with E-state index in [4.69, 9.17) is 9.47 Å². The van der Waals surface area contributed by atoms with Gasteiger partial charge in [-0.15, -0.1) is 0 Å². The molecule has 0 aliphatic heterocycles. The zero-order valence-corrected chi connectivity index (χ0v) is 16.8. The third-order valence-corrected chi connectivity index (χ3v) is 5.01. The van der Waals surface area contributed by atoms with E-state index in [2.05, 4.69) is 10.6 Å². The van der Waals surface area contributed by atoms with Crippen molar-refractivity contribution in [3.8, 4) is 11.5 Å². The number of hydrogen-bond acceptors (Lipinski definition) is 4. The first-order valence-corrected chi connectivity index (χ1v) is 9.98. The minimum atomic E-state index is -0.255. The normalized spacial score (nSPS) is 13.0. The minimum absolute atomic E-state index is 0.117. The molecule has 0 radical (unpaired) electrons. The van der Waals surface area contributed by atoms with Gasteiger partial charge in [-0.1, -0.05) is 36.4 Å². The van der Waals surface area contributed by atoms with Crippen LogP contribution in [0.2, 0.25) is 0 Å². The molecule has 2 N–H and O–H groups in total. The van der Waals surface area contributed by atoms with Crippen molar-refractivity contribution in [2.24, 2.45) is 0 Å². The van der Waals surface area contributed by atoms with Gasteiger partial charge in [-0.2, -0.15) is 0 Å². The molecule has 1 aliphatic rings. The Morgan fingerprint density at radius 2 is 1.70 bits per heavy atom. The molecule has 3 aromatic rings. The highest BCUT2D eigenvalue weighted by atomic mass is 16.5. The molecule has 0 bridgehead atoms. The molecule has 154 valence electrons. The number of nitrogens with one attached hydrogen (secondary N) is 2. The van der Waals surface area contributed by atoms with Crippen molar-refractivity contribution in [2.75, 3.05) is 13.7 Å². The molecule has 0 saturated heterocycles. The average Bonchev–Trinajstić information content (AvgIpc) is 3.59. The molecular weight excluding hydrogens is 380 g/mol. The van der Waals surface area contributed by atoms with Gasteiger partial charge in [0.25, 0.3) is 11.8 Å². The molecule has 0 unspecified atom stereocenters. The predicted octanol–water partition coefficient (Wildman–Crippen LogP) is 3.44. The van der Waals surface area contributed by atoms with Gasteiger partial charge in [-0.25, -0.2) is 0 Å². The summed E-state index contributed by atoms with van der Waals surface area (Å²) in [5, 5.41) is 7.70. The number of benzene rings is 3. The predicted molar refractivity (Wildman–Crippen MR) is 115 cm³/mol. The molecule has 30 heavy (non-hydrogen) atoms. The molecule has 0 spiro atoms.